The molecule has 0 saturated carbocycles. The van der Waals surface area contributed by atoms with E-state index in [2.05, 4.69) is 72.3 Å². The largest absolute Gasteiger partial charge is 0.344 e. The Morgan fingerprint density at radius 3 is 1.33 bits per heavy atom. The third kappa shape index (κ3) is 3.33. The number of hydrogen-bond donors (Lipinski definition) is 2. The zero-order valence-electron chi connectivity index (χ0n) is 17.0. The van der Waals surface area contributed by atoms with Gasteiger partial charge < -0.3 is 9.97 Å². The Bertz CT molecular complexity index is 1210. The first-order chi connectivity index (χ1) is 14.7. The van der Waals surface area contributed by atoms with Gasteiger partial charge in [-0.25, -0.2) is 9.97 Å². The van der Waals surface area contributed by atoms with E-state index in [4.69, 9.17) is 9.97 Å². The number of hydrogen-bond acceptors (Lipinski definition) is 2. The zero-order chi connectivity index (χ0) is 20.5. The molecule has 0 aliphatic heterocycles. The standard InChI is InChI=1S/C26H22N4/c1-17-7-3-5-9-21(17)25-27-15-23(29-25)19-11-13-20(14-12-19)24-16-28-26(30-24)22-10-6-4-8-18(22)2/h3-16H,1-2H3,(H,27,29)(H,28,30). The van der Waals surface area contributed by atoms with Crippen molar-refractivity contribution in [3.63, 3.8) is 0 Å². The second-order valence-corrected chi connectivity index (χ2v) is 7.48. The first-order valence-corrected chi connectivity index (χ1v) is 10.0. The van der Waals surface area contributed by atoms with Crippen LogP contribution >= 0.6 is 0 Å². The molecule has 146 valence electrons. The van der Waals surface area contributed by atoms with Gasteiger partial charge >= 0.3 is 0 Å². The van der Waals surface area contributed by atoms with E-state index in [9.17, 15) is 0 Å². The number of aromatic amines is 2. The molecule has 2 aromatic heterocycles. The van der Waals surface area contributed by atoms with Crippen LogP contribution in [0.25, 0.3) is 45.3 Å². The van der Waals surface area contributed by atoms with E-state index in [0.717, 1.165) is 45.3 Å². The maximum atomic E-state index is 4.79. The summed E-state index contributed by atoms with van der Waals surface area (Å²) >= 11 is 0. The lowest BCUT2D eigenvalue weighted by atomic mass is 10.1. The molecule has 5 rings (SSSR count). The van der Waals surface area contributed by atoms with Crippen LogP contribution in [0.1, 0.15) is 11.1 Å². The van der Waals surface area contributed by atoms with Gasteiger partial charge in [0.1, 0.15) is 11.6 Å². The number of nitrogens with zero attached hydrogens (tertiary/aromatic N) is 2. The third-order valence-electron chi connectivity index (χ3n) is 5.43. The molecule has 0 fully saturated rings. The number of H-pyrrole nitrogens is 2. The van der Waals surface area contributed by atoms with E-state index in [-0.39, 0.29) is 0 Å². The van der Waals surface area contributed by atoms with Gasteiger partial charge in [-0.2, -0.15) is 0 Å². The fourth-order valence-electron chi connectivity index (χ4n) is 3.70. The van der Waals surface area contributed by atoms with E-state index >= 15 is 0 Å². The summed E-state index contributed by atoms with van der Waals surface area (Å²) in [6, 6.07) is 24.9. The quantitative estimate of drug-likeness (QED) is 0.372. The molecule has 2 heterocycles. The number of aromatic nitrogens is 4. The van der Waals surface area contributed by atoms with Gasteiger partial charge in [0.15, 0.2) is 0 Å². The Balaban J connectivity index is 1.41. The molecule has 2 N–H and O–H groups in total. The van der Waals surface area contributed by atoms with Crippen molar-refractivity contribution in [1.82, 2.24) is 19.9 Å². The molecule has 0 unspecified atom stereocenters. The fourth-order valence-corrected chi connectivity index (χ4v) is 3.70. The van der Waals surface area contributed by atoms with Crippen molar-refractivity contribution in [2.24, 2.45) is 0 Å². The highest BCUT2D eigenvalue weighted by molar-refractivity contribution is 5.71. The number of rotatable bonds is 4. The van der Waals surface area contributed by atoms with Gasteiger partial charge in [-0.3, -0.25) is 0 Å². The summed E-state index contributed by atoms with van der Waals surface area (Å²) in [6.07, 6.45) is 3.92. The van der Waals surface area contributed by atoms with Crippen LogP contribution in [0.15, 0.2) is 85.2 Å². The number of nitrogens with one attached hydrogen (secondary N) is 2. The summed E-state index contributed by atoms with van der Waals surface area (Å²) in [4.78, 5) is 16.2. The van der Waals surface area contributed by atoms with E-state index in [1.165, 1.54) is 11.1 Å². The highest BCUT2D eigenvalue weighted by Gasteiger charge is 2.10. The Labute approximate surface area is 175 Å². The normalized spacial score (nSPS) is 11.0. The van der Waals surface area contributed by atoms with Crippen molar-refractivity contribution in [3.05, 3.63) is 96.3 Å². The summed E-state index contributed by atoms with van der Waals surface area (Å²) in [5, 5.41) is 0. The molecule has 0 amide bonds. The molecule has 3 aromatic carbocycles. The topological polar surface area (TPSA) is 57.4 Å². The second-order valence-electron chi connectivity index (χ2n) is 7.48. The summed E-state index contributed by atoms with van der Waals surface area (Å²) in [5.74, 6) is 1.78. The van der Waals surface area contributed by atoms with E-state index in [1.54, 1.807) is 0 Å². The molecule has 0 atom stereocenters. The maximum absolute atomic E-state index is 4.79. The molecule has 4 heteroatoms. The lowest BCUT2D eigenvalue weighted by Crippen LogP contribution is -1.85. The van der Waals surface area contributed by atoms with Crippen LogP contribution in [0, 0.1) is 13.8 Å². The molecular formula is C26H22N4. The van der Waals surface area contributed by atoms with Gasteiger partial charge in [-0.1, -0.05) is 72.8 Å². The lowest BCUT2D eigenvalue weighted by molar-refractivity contribution is 1.28. The van der Waals surface area contributed by atoms with Crippen LogP contribution < -0.4 is 0 Å². The van der Waals surface area contributed by atoms with Gasteiger partial charge in [-0.15, -0.1) is 0 Å². The third-order valence-corrected chi connectivity index (χ3v) is 5.43. The van der Waals surface area contributed by atoms with Crippen molar-refractivity contribution in [2.45, 2.75) is 13.8 Å². The summed E-state index contributed by atoms with van der Waals surface area (Å²) in [7, 11) is 0. The molecule has 0 radical (unpaired) electrons. The summed E-state index contributed by atoms with van der Waals surface area (Å²) < 4.78 is 0. The second kappa shape index (κ2) is 7.48. The van der Waals surface area contributed by atoms with E-state index in [1.807, 2.05) is 36.7 Å². The molecular weight excluding hydrogens is 368 g/mol. The van der Waals surface area contributed by atoms with Gasteiger partial charge in [-0.05, 0) is 25.0 Å². The van der Waals surface area contributed by atoms with Crippen LogP contribution in [-0.2, 0) is 0 Å². The van der Waals surface area contributed by atoms with Crippen LogP contribution in [-0.4, -0.2) is 19.9 Å². The van der Waals surface area contributed by atoms with E-state index in [0.29, 0.717) is 0 Å². The Hall–Kier alpha value is -3.92. The molecule has 0 bridgehead atoms. The monoisotopic (exact) mass is 390 g/mol. The van der Waals surface area contributed by atoms with Crippen molar-refractivity contribution in [1.29, 1.82) is 0 Å². The van der Waals surface area contributed by atoms with Crippen molar-refractivity contribution < 1.29 is 0 Å². The molecule has 5 aromatic rings. The number of aryl methyl sites for hydroxylation is 2. The lowest BCUT2D eigenvalue weighted by Gasteiger charge is -2.02. The highest BCUT2D eigenvalue weighted by atomic mass is 14.9. The Kier molecular flexibility index (Phi) is 4.52. The van der Waals surface area contributed by atoms with Crippen molar-refractivity contribution >= 4 is 0 Å². The summed E-state index contributed by atoms with van der Waals surface area (Å²) in [5.41, 5.74) is 8.67. The average Bonchev–Trinajstić information content (AvgIpc) is 3.45. The zero-order valence-corrected chi connectivity index (χ0v) is 17.0. The molecule has 4 nitrogen and oxygen atoms in total. The minimum absolute atomic E-state index is 0.891. The van der Waals surface area contributed by atoms with Crippen LogP contribution in [0.2, 0.25) is 0 Å². The van der Waals surface area contributed by atoms with Gasteiger partial charge in [0.25, 0.3) is 0 Å². The van der Waals surface area contributed by atoms with Crippen LogP contribution in [0.5, 0.6) is 0 Å². The van der Waals surface area contributed by atoms with Gasteiger partial charge in [0.05, 0.1) is 11.4 Å². The molecule has 0 spiro atoms. The predicted molar refractivity (Wildman–Crippen MR) is 122 cm³/mol. The summed E-state index contributed by atoms with van der Waals surface area (Å²) in [6.45, 7) is 4.20. The molecule has 0 saturated heterocycles. The minimum atomic E-state index is 0.891. The smallest absolute Gasteiger partial charge is 0.138 e. The molecule has 0 aliphatic carbocycles. The minimum Gasteiger partial charge on any atom is -0.344 e. The van der Waals surface area contributed by atoms with Crippen molar-refractivity contribution in [2.75, 3.05) is 0 Å². The highest BCUT2D eigenvalue weighted by Crippen LogP contribution is 2.28. The van der Waals surface area contributed by atoms with E-state index < -0.39 is 0 Å². The number of benzene rings is 3. The first kappa shape index (κ1) is 18.1. The first-order valence-electron chi connectivity index (χ1n) is 10.0. The van der Waals surface area contributed by atoms with Gasteiger partial charge in [0, 0.05) is 34.6 Å². The Morgan fingerprint density at radius 1 is 0.533 bits per heavy atom. The maximum Gasteiger partial charge on any atom is 0.138 e. The SMILES string of the molecule is Cc1ccccc1-c1nc(-c2ccc(-c3c[nH]c(-c4ccccc4C)n3)cc2)c[nH]1. The number of imidazole rings is 2. The average molecular weight is 390 g/mol. The molecule has 0 aliphatic rings. The Morgan fingerprint density at radius 2 is 0.933 bits per heavy atom. The molecule has 30 heavy (non-hydrogen) atoms. The van der Waals surface area contributed by atoms with Gasteiger partial charge in [0.2, 0.25) is 0 Å². The fraction of sp³-hybridized carbons (Fsp3) is 0.0769. The van der Waals surface area contributed by atoms with Crippen molar-refractivity contribution in [3.8, 4) is 45.3 Å². The van der Waals surface area contributed by atoms with Crippen LogP contribution in [0.3, 0.4) is 0 Å². The van der Waals surface area contributed by atoms with Crippen LogP contribution in [0.4, 0.5) is 0 Å². The predicted octanol–water partition coefficient (Wildman–Crippen LogP) is 6.42.